The summed E-state index contributed by atoms with van der Waals surface area (Å²) in [5.41, 5.74) is 2.58. The highest BCUT2D eigenvalue weighted by molar-refractivity contribution is 7.99. The minimum atomic E-state index is -0.404. The second kappa shape index (κ2) is 11.5. The molecule has 1 unspecified atom stereocenters. The third-order valence-electron chi connectivity index (χ3n) is 4.90. The minimum absolute atomic E-state index is 0.121. The molecule has 2 amide bonds. The van der Waals surface area contributed by atoms with Crippen LogP contribution in [0.3, 0.4) is 0 Å². The molecule has 34 heavy (non-hydrogen) atoms. The van der Waals surface area contributed by atoms with Crippen LogP contribution < -0.4 is 10.6 Å². The largest absolute Gasteiger partial charge is 0.462 e. The Morgan fingerprint density at radius 2 is 1.82 bits per heavy atom. The number of nitrogens with one attached hydrogen (secondary N) is 2. The van der Waals surface area contributed by atoms with Crippen molar-refractivity contribution in [2.24, 2.45) is 7.05 Å². The van der Waals surface area contributed by atoms with Crippen molar-refractivity contribution < 1.29 is 19.1 Å². The van der Waals surface area contributed by atoms with Gasteiger partial charge in [0.05, 0.1) is 24.0 Å². The fourth-order valence-electron chi connectivity index (χ4n) is 3.19. The number of benzene rings is 2. The van der Waals surface area contributed by atoms with Gasteiger partial charge in [-0.15, -0.1) is 10.2 Å². The summed E-state index contributed by atoms with van der Waals surface area (Å²) < 4.78 is 6.70. The molecule has 0 spiro atoms. The average Bonchev–Trinajstić information content (AvgIpc) is 3.18. The van der Waals surface area contributed by atoms with Gasteiger partial charge in [0.2, 0.25) is 5.91 Å². The Morgan fingerprint density at radius 3 is 2.50 bits per heavy atom. The lowest BCUT2D eigenvalue weighted by Gasteiger charge is -2.14. The van der Waals surface area contributed by atoms with E-state index in [4.69, 9.17) is 4.74 Å². The summed E-state index contributed by atoms with van der Waals surface area (Å²) in [4.78, 5) is 36.6. The van der Waals surface area contributed by atoms with Crippen molar-refractivity contribution in [2.75, 3.05) is 17.7 Å². The number of hydrogen-bond donors (Lipinski definition) is 2. The van der Waals surface area contributed by atoms with Crippen LogP contribution in [0.1, 0.15) is 52.0 Å². The Kier molecular flexibility index (Phi) is 8.42. The lowest BCUT2D eigenvalue weighted by atomic mass is 10.1. The number of carbonyl (C=O) groups is 3. The molecule has 0 aliphatic carbocycles. The molecule has 2 N–H and O–H groups in total. The Morgan fingerprint density at radius 1 is 1.09 bits per heavy atom. The molecule has 1 atom stereocenters. The van der Waals surface area contributed by atoms with Crippen LogP contribution in [0.5, 0.6) is 0 Å². The van der Waals surface area contributed by atoms with Crippen molar-refractivity contribution in [3.05, 3.63) is 71.0 Å². The molecule has 0 saturated heterocycles. The summed E-state index contributed by atoms with van der Waals surface area (Å²) in [7, 11) is 1.79. The zero-order valence-electron chi connectivity index (χ0n) is 19.5. The molecule has 10 heteroatoms. The Hall–Kier alpha value is -3.66. The number of hydrogen-bond acceptors (Lipinski definition) is 7. The van der Waals surface area contributed by atoms with Crippen LogP contribution in [0.15, 0.2) is 53.7 Å². The summed E-state index contributed by atoms with van der Waals surface area (Å²) in [6.07, 6.45) is 0. The first-order chi connectivity index (χ1) is 16.3. The van der Waals surface area contributed by atoms with Crippen LogP contribution in [0.2, 0.25) is 0 Å². The van der Waals surface area contributed by atoms with Crippen molar-refractivity contribution in [3.8, 4) is 0 Å². The SMILES string of the molecule is CCOC(=O)c1ccc(NC(=O)CSc2nnc(C(C)NC(=O)c3cccc(C)c3)n2C)cc1. The highest BCUT2D eigenvalue weighted by atomic mass is 32.2. The van der Waals surface area contributed by atoms with Crippen molar-refractivity contribution in [1.82, 2.24) is 20.1 Å². The van der Waals surface area contributed by atoms with Crippen LogP contribution in [0, 0.1) is 6.92 Å². The van der Waals surface area contributed by atoms with Gasteiger partial charge in [-0.25, -0.2) is 4.79 Å². The van der Waals surface area contributed by atoms with Crippen LogP contribution in [-0.4, -0.2) is 44.9 Å². The third kappa shape index (κ3) is 6.44. The van der Waals surface area contributed by atoms with E-state index in [0.717, 1.165) is 5.56 Å². The number of anilines is 1. The second-order valence-corrected chi connectivity index (χ2v) is 8.54. The molecule has 3 rings (SSSR count). The number of nitrogens with zero attached hydrogens (tertiary/aromatic N) is 3. The fourth-order valence-corrected chi connectivity index (χ4v) is 3.91. The number of aromatic nitrogens is 3. The van der Waals surface area contributed by atoms with Crippen LogP contribution in [-0.2, 0) is 16.6 Å². The monoisotopic (exact) mass is 481 g/mol. The summed E-state index contributed by atoms with van der Waals surface area (Å²) >= 11 is 1.23. The van der Waals surface area contributed by atoms with Crippen molar-refractivity contribution in [2.45, 2.75) is 32.0 Å². The quantitative estimate of drug-likeness (QED) is 0.355. The zero-order valence-corrected chi connectivity index (χ0v) is 20.3. The molecule has 1 heterocycles. The predicted octanol–water partition coefficient (Wildman–Crippen LogP) is 3.52. The Labute approximate surface area is 202 Å². The standard InChI is InChI=1S/C24H27N5O4S/c1-5-33-23(32)17-9-11-19(12-10-17)26-20(30)14-34-24-28-27-21(29(24)4)16(3)25-22(31)18-8-6-7-15(2)13-18/h6-13,16H,5,14H2,1-4H3,(H,25,31)(H,26,30). The number of aryl methyl sites for hydroxylation is 1. The number of rotatable bonds is 9. The van der Waals surface area contributed by atoms with Gasteiger partial charge in [-0.05, 0) is 57.2 Å². The number of carbonyl (C=O) groups excluding carboxylic acids is 3. The van der Waals surface area contributed by atoms with E-state index < -0.39 is 5.97 Å². The van der Waals surface area contributed by atoms with E-state index in [-0.39, 0.29) is 23.6 Å². The number of ether oxygens (including phenoxy) is 1. The predicted molar refractivity (Wildman–Crippen MR) is 130 cm³/mol. The summed E-state index contributed by atoms with van der Waals surface area (Å²) in [6.45, 7) is 5.81. The van der Waals surface area contributed by atoms with Gasteiger partial charge in [0.15, 0.2) is 11.0 Å². The maximum Gasteiger partial charge on any atom is 0.338 e. The van der Waals surface area contributed by atoms with Gasteiger partial charge in [0, 0.05) is 18.3 Å². The molecule has 178 valence electrons. The van der Waals surface area contributed by atoms with Gasteiger partial charge >= 0.3 is 5.97 Å². The smallest absolute Gasteiger partial charge is 0.338 e. The van der Waals surface area contributed by atoms with Gasteiger partial charge in [-0.1, -0.05) is 29.5 Å². The molecule has 0 bridgehead atoms. The Balaban J connectivity index is 1.54. The van der Waals surface area contributed by atoms with E-state index >= 15 is 0 Å². The molecule has 2 aromatic carbocycles. The molecular formula is C24H27N5O4S. The molecule has 0 aliphatic rings. The average molecular weight is 482 g/mol. The summed E-state index contributed by atoms with van der Waals surface area (Å²) in [5, 5.41) is 14.6. The van der Waals surface area contributed by atoms with E-state index in [1.807, 2.05) is 32.0 Å². The summed E-state index contributed by atoms with van der Waals surface area (Å²) in [6, 6.07) is 13.5. The van der Waals surface area contributed by atoms with E-state index in [2.05, 4.69) is 20.8 Å². The van der Waals surface area contributed by atoms with Gasteiger partial charge in [-0.2, -0.15) is 0 Å². The highest BCUT2D eigenvalue weighted by Crippen LogP contribution is 2.20. The first-order valence-corrected chi connectivity index (χ1v) is 11.7. The topological polar surface area (TPSA) is 115 Å². The van der Waals surface area contributed by atoms with Crippen molar-refractivity contribution >= 4 is 35.2 Å². The molecule has 3 aromatic rings. The van der Waals surface area contributed by atoms with Crippen LogP contribution in [0.4, 0.5) is 5.69 Å². The number of thioether (sulfide) groups is 1. The van der Waals surface area contributed by atoms with Gasteiger partial charge in [-0.3, -0.25) is 9.59 Å². The molecule has 1 aromatic heterocycles. The first-order valence-electron chi connectivity index (χ1n) is 10.7. The van der Waals surface area contributed by atoms with E-state index in [1.165, 1.54) is 11.8 Å². The lowest BCUT2D eigenvalue weighted by Crippen LogP contribution is -2.28. The Bertz CT molecular complexity index is 1180. The van der Waals surface area contributed by atoms with Gasteiger partial charge < -0.3 is 19.9 Å². The molecular weight excluding hydrogens is 454 g/mol. The maximum absolute atomic E-state index is 12.5. The van der Waals surface area contributed by atoms with Gasteiger partial charge in [0.1, 0.15) is 0 Å². The molecule has 9 nitrogen and oxygen atoms in total. The van der Waals surface area contributed by atoms with Crippen molar-refractivity contribution in [1.29, 1.82) is 0 Å². The van der Waals surface area contributed by atoms with E-state index in [1.54, 1.807) is 48.9 Å². The fraction of sp³-hybridized carbons (Fsp3) is 0.292. The maximum atomic E-state index is 12.5. The van der Waals surface area contributed by atoms with E-state index in [9.17, 15) is 14.4 Å². The molecule has 0 radical (unpaired) electrons. The minimum Gasteiger partial charge on any atom is -0.462 e. The van der Waals surface area contributed by atoms with Gasteiger partial charge in [0.25, 0.3) is 5.91 Å². The van der Waals surface area contributed by atoms with Crippen LogP contribution >= 0.6 is 11.8 Å². The molecule has 0 saturated carbocycles. The normalized spacial score (nSPS) is 11.5. The van der Waals surface area contributed by atoms with E-state index in [0.29, 0.717) is 34.4 Å². The van der Waals surface area contributed by atoms with Crippen molar-refractivity contribution in [3.63, 3.8) is 0 Å². The highest BCUT2D eigenvalue weighted by Gasteiger charge is 2.19. The zero-order chi connectivity index (χ0) is 24.7. The third-order valence-corrected chi connectivity index (χ3v) is 5.92. The number of amides is 2. The second-order valence-electron chi connectivity index (χ2n) is 7.60. The lowest BCUT2D eigenvalue weighted by molar-refractivity contribution is -0.113. The number of esters is 1. The molecule has 0 fully saturated rings. The van der Waals surface area contributed by atoms with Crippen LogP contribution in [0.25, 0.3) is 0 Å². The molecule has 0 aliphatic heterocycles. The summed E-state index contributed by atoms with van der Waals surface area (Å²) in [5.74, 6) is -0.118. The first kappa shape index (κ1) is 25.0.